The van der Waals surface area contributed by atoms with Crippen LogP contribution in [0.1, 0.15) is 48.2 Å². The highest BCUT2D eigenvalue weighted by Gasteiger charge is 2.54. The van der Waals surface area contributed by atoms with Crippen LogP contribution in [0, 0.1) is 17.8 Å². The van der Waals surface area contributed by atoms with Crippen molar-refractivity contribution in [3.05, 3.63) is 54.1 Å². The van der Waals surface area contributed by atoms with E-state index in [9.17, 15) is 9.90 Å². The van der Waals surface area contributed by atoms with Crippen LogP contribution < -0.4 is 10.6 Å². The van der Waals surface area contributed by atoms with Crippen LogP contribution in [0.25, 0.3) is 11.0 Å². The average Bonchev–Trinajstić information content (AvgIpc) is 3.25. The van der Waals surface area contributed by atoms with Crippen molar-refractivity contribution in [2.75, 3.05) is 11.9 Å². The lowest BCUT2D eigenvalue weighted by Crippen LogP contribution is -2.59. The summed E-state index contributed by atoms with van der Waals surface area (Å²) in [5.41, 5.74) is 2.70. The normalized spacial score (nSPS) is 30.5. The third kappa shape index (κ3) is 3.45. The highest BCUT2D eigenvalue weighted by atomic mass is 16.3. The molecule has 4 bridgehead atoms. The van der Waals surface area contributed by atoms with E-state index >= 15 is 0 Å². The molecule has 2 atom stereocenters. The number of carbonyl (C=O) groups is 1. The molecule has 7 heteroatoms. The Kier molecular flexibility index (Phi) is 4.68. The Balaban J connectivity index is 1.24. The lowest BCUT2D eigenvalue weighted by molar-refractivity contribution is -0.129. The summed E-state index contributed by atoms with van der Waals surface area (Å²) < 4.78 is 0. The predicted molar refractivity (Wildman–Crippen MR) is 122 cm³/mol. The molecule has 7 rings (SSSR count). The highest BCUT2D eigenvalue weighted by Crippen LogP contribution is 2.56. The SMILES string of the molecule is O=C(NCCc1ccccn1)c1cnc2[nH]ccc2c1N[C@H]1C2CC3CC1C[C@@](O)(C3)C2. The van der Waals surface area contributed by atoms with Gasteiger partial charge < -0.3 is 20.7 Å². The van der Waals surface area contributed by atoms with E-state index in [1.165, 1.54) is 12.8 Å². The largest absolute Gasteiger partial charge is 0.390 e. The summed E-state index contributed by atoms with van der Waals surface area (Å²) in [6, 6.07) is 8.08. The molecule has 0 saturated heterocycles. The first kappa shape index (κ1) is 19.7. The van der Waals surface area contributed by atoms with Gasteiger partial charge in [-0.15, -0.1) is 0 Å². The van der Waals surface area contributed by atoms with Crippen molar-refractivity contribution in [1.82, 2.24) is 20.3 Å². The molecule has 1 amide bonds. The van der Waals surface area contributed by atoms with Crippen LogP contribution in [0.2, 0.25) is 0 Å². The van der Waals surface area contributed by atoms with Gasteiger partial charge in [0, 0.05) is 48.7 Å². The molecule has 0 spiro atoms. The van der Waals surface area contributed by atoms with Gasteiger partial charge in [0.2, 0.25) is 0 Å². The van der Waals surface area contributed by atoms with Gasteiger partial charge in [0.05, 0.1) is 16.9 Å². The van der Waals surface area contributed by atoms with E-state index in [0.29, 0.717) is 36.3 Å². The van der Waals surface area contributed by atoms with E-state index < -0.39 is 5.60 Å². The number of H-pyrrole nitrogens is 1. The summed E-state index contributed by atoms with van der Waals surface area (Å²) >= 11 is 0. The van der Waals surface area contributed by atoms with Crippen molar-refractivity contribution in [3.8, 4) is 0 Å². The Hall–Kier alpha value is -2.93. The Morgan fingerprint density at radius 1 is 1.16 bits per heavy atom. The zero-order chi connectivity index (χ0) is 21.7. The second kappa shape index (κ2) is 7.59. The molecule has 4 fully saturated rings. The Labute approximate surface area is 187 Å². The minimum absolute atomic E-state index is 0.124. The van der Waals surface area contributed by atoms with E-state index in [2.05, 4.69) is 25.6 Å². The molecule has 0 aromatic carbocycles. The van der Waals surface area contributed by atoms with Gasteiger partial charge in [0.25, 0.3) is 5.91 Å². The molecular formula is C25H29N5O2. The topological polar surface area (TPSA) is 103 Å². The minimum atomic E-state index is -0.470. The number of aromatic nitrogens is 3. The number of hydrogen-bond acceptors (Lipinski definition) is 5. The number of nitrogens with zero attached hydrogens (tertiary/aromatic N) is 2. The molecule has 4 aliphatic rings. The quantitative estimate of drug-likeness (QED) is 0.480. The second-order valence-corrected chi connectivity index (χ2v) is 9.98. The van der Waals surface area contributed by atoms with Gasteiger partial charge >= 0.3 is 0 Å². The van der Waals surface area contributed by atoms with E-state index in [4.69, 9.17) is 0 Å². The number of nitrogens with one attached hydrogen (secondary N) is 3. The number of hydrogen-bond donors (Lipinski definition) is 4. The summed E-state index contributed by atoms with van der Waals surface area (Å²) in [6.07, 6.45) is 11.0. The third-order valence-electron chi connectivity index (χ3n) is 7.78. The molecule has 4 N–H and O–H groups in total. The molecule has 7 nitrogen and oxygen atoms in total. The van der Waals surface area contributed by atoms with Gasteiger partial charge in [-0.05, 0) is 68.1 Å². The maximum Gasteiger partial charge on any atom is 0.254 e. The fourth-order valence-corrected chi connectivity index (χ4v) is 6.66. The zero-order valence-electron chi connectivity index (χ0n) is 18.1. The van der Waals surface area contributed by atoms with Crippen LogP contribution in [-0.4, -0.2) is 44.2 Å². The highest BCUT2D eigenvalue weighted by molar-refractivity contribution is 6.06. The molecule has 3 aromatic rings. The first-order chi connectivity index (χ1) is 15.6. The van der Waals surface area contributed by atoms with Gasteiger partial charge in [-0.3, -0.25) is 9.78 Å². The number of aromatic amines is 1. The lowest BCUT2D eigenvalue weighted by Gasteiger charge is -2.58. The van der Waals surface area contributed by atoms with Crippen LogP contribution in [0.4, 0.5) is 5.69 Å². The first-order valence-electron chi connectivity index (χ1n) is 11.7. The molecular weight excluding hydrogens is 402 g/mol. The van der Waals surface area contributed by atoms with Crippen molar-refractivity contribution in [1.29, 1.82) is 0 Å². The van der Waals surface area contributed by atoms with Gasteiger partial charge in [-0.1, -0.05) is 6.07 Å². The average molecular weight is 432 g/mol. The smallest absolute Gasteiger partial charge is 0.254 e. The zero-order valence-corrected chi connectivity index (χ0v) is 18.1. The van der Waals surface area contributed by atoms with Crippen LogP contribution in [0.5, 0.6) is 0 Å². The number of fused-ring (bicyclic) bond motifs is 1. The molecule has 0 aliphatic heterocycles. The molecule has 0 radical (unpaired) electrons. The molecule has 2 unspecified atom stereocenters. The Morgan fingerprint density at radius 3 is 2.75 bits per heavy atom. The number of carbonyl (C=O) groups excluding carboxylic acids is 1. The number of amides is 1. The van der Waals surface area contributed by atoms with E-state index in [1.54, 1.807) is 12.4 Å². The van der Waals surface area contributed by atoms with Crippen molar-refractivity contribution in [2.24, 2.45) is 17.8 Å². The van der Waals surface area contributed by atoms with E-state index in [1.807, 2.05) is 30.5 Å². The fraction of sp³-hybridized carbons (Fsp3) is 0.480. The maximum absolute atomic E-state index is 13.2. The van der Waals surface area contributed by atoms with Crippen LogP contribution in [0.15, 0.2) is 42.9 Å². The summed E-state index contributed by atoms with van der Waals surface area (Å²) in [7, 11) is 0. The van der Waals surface area contributed by atoms with Crippen molar-refractivity contribution in [2.45, 2.75) is 50.2 Å². The Bertz CT molecular complexity index is 1130. The summed E-state index contributed by atoms with van der Waals surface area (Å²) in [6.45, 7) is 0.518. The number of anilines is 1. The number of rotatable bonds is 6. The molecule has 166 valence electrons. The summed E-state index contributed by atoms with van der Waals surface area (Å²) in [5, 5.41) is 18.7. The number of pyridine rings is 2. The van der Waals surface area contributed by atoms with Crippen LogP contribution in [-0.2, 0) is 6.42 Å². The molecule has 4 aliphatic carbocycles. The van der Waals surface area contributed by atoms with Crippen LogP contribution in [0.3, 0.4) is 0 Å². The summed E-state index contributed by atoms with van der Waals surface area (Å²) in [5.74, 6) is 1.43. The predicted octanol–water partition coefficient (Wildman–Crippen LogP) is 3.28. The Morgan fingerprint density at radius 2 is 2.00 bits per heavy atom. The van der Waals surface area contributed by atoms with Crippen molar-refractivity contribution >= 4 is 22.6 Å². The van der Waals surface area contributed by atoms with Gasteiger partial charge in [-0.25, -0.2) is 4.98 Å². The minimum Gasteiger partial charge on any atom is -0.390 e. The molecule has 4 saturated carbocycles. The third-order valence-corrected chi connectivity index (χ3v) is 7.78. The van der Waals surface area contributed by atoms with Crippen molar-refractivity contribution < 1.29 is 9.90 Å². The van der Waals surface area contributed by atoms with Gasteiger partial charge in [-0.2, -0.15) is 0 Å². The van der Waals surface area contributed by atoms with Gasteiger partial charge in [0.1, 0.15) is 5.65 Å². The molecule has 3 aromatic heterocycles. The number of aliphatic hydroxyl groups is 1. The van der Waals surface area contributed by atoms with E-state index in [-0.39, 0.29) is 11.9 Å². The fourth-order valence-electron chi connectivity index (χ4n) is 6.66. The van der Waals surface area contributed by atoms with Crippen molar-refractivity contribution in [3.63, 3.8) is 0 Å². The standard InChI is InChI=1S/C25H29N5O2/c31-24(28-7-4-18-3-1-2-6-26-18)20-14-29-23-19(5-8-27-23)22(20)30-21-16-9-15-10-17(21)13-25(32,11-15)12-16/h1-3,5-6,8,14-17,21,32H,4,7,9-13H2,(H,28,31)(H2,27,29,30)/t15?,16?,17?,21-,25+. The van der Waals surface area contributed by atoms with Gasteiger partial charge in [0.15, 0.2) is 0 Å². The monoisotopic (exact) mass is 431 g/mol. The lowest BCUT2D eigenvalue weighted by atomic mass is 9.52. The van der Waals surface area contributed by atoms with E-state index in [0.717, 1.165) is 41.7 Å². The first-order valence-corrected chi connectivity index (χ1v) is 11.7. The second-order valence-electron chi connectivity index (χ2n) is 9.98. The maximum atomic E-state index is 13.2. The van der Waals surface area contributed by atoms with Crippen LogP contribution >= 0.6 is 0 Å². The molecule has 32 heavy (non-hydrogen) atoms. The molecule has 3 heterocycles. The summed E-state index contributed by atoms with van der Waals surface area (Å²) in [4.78, 5) is 25.1.